The van der Waals surface area contributed by atoms with Gasteiger partial charge in [-0.2, -0.15) is 0 Å². The summed E-state index contributed by atoms with van der Waals surface area (Å²) in [5.74, 6) is -0.0679. The lowest BCUT2D eigenvalue weighted by Crippen LogP contribution is -2.40. The molecule has 0 radical (unpaired) electrons. The van der Waals surface area contributed by atoms with Crippen LogP contribution in [0.5, 0.6) is 0 Å². The van der Waals surface area contributed by atoms with Gasteiger partial charge in [-0.3, -0.25) is 9.59 Å². The first-order chi connectivity index (χ1) is 13.6. The third kappa shape index (κ3) is 4.20. The molecule has 2 aromatic rings. The van der Waals surface area contributed by atoms with Crippen molar-refractivity contribution in [1.82, 2.24) is 15.6 Å². The Balaban J connectivity index is 1.30. The molecule has 2 aliphatic rings. The molecule has 3 atom stereocenters. The molecular formula is C21H27N3O4. The zero-order valence-corrected chi connectivity index (χ0v) is 15.8. The van der Waals surface area contributed by atoms with Crippen LogP contribution in [-0.2, 0) is 9.53 Å². The number of rotatable bonds is 5. The number of hydrogen-bond donors (Lipinski definition) is 4. The standard InChI is InChI=1S/C21H27N3O4/c25-19-11-16(20(26)23-12-13-4-7-28-8-5-13)10-18(19)24-21(27)15-1-2-17-14(9-15)3-6-22-17/h1-3,6,9,13,16,18-19,22,25H,4-5,7-8,10-12H2,(H,23,26)(H,24,27)/t16-,18-,19-/m0/s1. The van der Waals surface area contributed by atoms with Crippen molar-refractivity contribution in [3.8, 4) is 0 Å². The Morgan fingerprint density at radius 1 is 1.18 bits per heavy atom. The molecule has 1 aliphatic carbocycles. The van der Waals surface area contributed by atoms with E-state index >= 15 is 0 Å². The molecule has 7 nitrogen and oxygen atoms in total. The summed E-state index contributed by atoms with van der Waals surface area (Å²) >= 11 is 0. The molecule has 2 heterocycles. The number of carbonyl (C=O) groups excluding carboxylic acids is 2. The molecule has 28 heavy (non-hydrogen) atoms. The Morgan fingerprint density at radius 3 is 2.82 bits per heavy atom. The maximum atomic E-state index is 12.6. The molecule has 1 saturated carbocycles. The lowest BCUT2D eigenvalue weighted by atomic mass is 9.99. The van der Waals surface area contributed by atoms with E-state index in [0.717, 1.165) is 37.0 Å². The number of aliphatic hydroxyl groups excluding tert-OH is 1. The van der Waals surface area contributed by atoms with Crippen LogP contribution >= 0.6 is 0 Å². The van der Waals surface area contributed by atoms with Crippen LogP contribution in [0.1, 0.15) is 36.0 Å². The predicted octanol–water partition coefficient (Wildman–Crippen LogP) is 1.58. The molecular weight excluding hydrogens is 358 g/mol. The van der Waals surface area contributed by atoms with Crippen molar-refractivity contribution in [3.05, 3.63) is 36.0 Å². The van der Waals surface area contributed by atoms with Gasteiger partial charge in [0, 0.05) is 48.3 Å². The highest BCUT2D eigenvalue weighted by Gasteiger charge is 2.37. The summed E-state index contributed by atoms with van der Waals surface area (Å²) in [7, 11) is 0. The first kappa shape index (κ1) is 19.0. The number of nitrogens with one attached hydrogen (secondary N) is 3. The van der Waals surface area contributed by atoms with Crippen molar-refractivity contribution in [2.75, 3.05) is 19.8 Å². The Labute approximate surface area is 163 Å². The number of fused-ring (bicyclic) bond motifs is 1. The minimum atomic E-state index is -0.709. The van der Waals surface area contributed by atoms with E-state index < -0.39 is 12.1 Å². The van der Waals surface area contributed by atoms with E-state index in [1.54, 1.807) is 6.07 Å². The van der Waals surface area contributed by atoms with Crippen molar-refractivity contribution >= 4 is 22.7 Å². The number of carbonyl (C=O) groups is 2. The van der Waals surface area contributed by atoms with Gasteiger partial charge in [0.1, 0.15) is 0 Å². The highest BCUT2D eigenvalue weighted by atomic mass is 16.5. The van der Waals surface area contributed by atoms with Gasteiger partial charge in [-0.05, 0) is 55.9 Å². The third-order valence-electron chi connectivity index (χ3n) is 5.94. The molecule has 7 heteroatoms. The molecule has 0 spiro atoms. The minimum Gasteiger partial charge on any atom is -0.391 e. The smallest absolute Gasteiger partial charge is 0.251 e. The summed E-state index contributed by atoms with van der Waals surface area (Å²) in [6, 6.07) is 6.94. The Hall–Kier alpha value is -2.38. The quantitative estimate of drug-likeness (QED) is 0.627. The number of aromatic nitrogens is 1. The normalized spacial score (nSPS) is 25.7. The van der Waals surface area contributed by atoms with Gasteiger partial charge in [0.25, 0.3) is 5.91 Å². The average Bonchev–Trinajstić information content (AvgIpc) is 3.33. The highest BCUT2D eigenvalue weighted by Crippen LogP contribution is 2.27. The molecule has 1 aromatic heterocycles. The third-order valence-corrected chi connectivity index (χ3v) is 5.94. The van der Waals surface area contributed by atoms with E-state index in [1.807, 2.05) is 24.4 Å². The summed E-state index contributed by atoms with van der Waals surface area (Å²) in [6.45, 7) is 2.17. The van der Waals surface area contributed by atoms with Crippen LogP contribution in [0.15, 0.2) is 30.5 Å². The van der Waals surface area contributed by atoms with Gasteiger partial charge in [0.2, 0.25) is 5.91 Å². The fourth-order valence-corrected chi connectivity index (χ4v) is 4.17. The lowest BCUT2D eigenvalue weighted by Gasteiger charge is -2.23. The number of benzene rings is 1. The lowest BCUT2D eigenvalue weighted by molar-refractivity contribution is -0.125. The van der Waals surface area contributed by atoms with Gasteiger partial charge < -0.3 is 25.5 Å². The van der Waals surface area contributed by atoms with Crippen LogP contribution < -0.4 is 10.6 Å². The summed E-state index contributed by atoms with van der Waals surface area (Å²) in [5, 5.41) is 17.2. The molecule has 1 saturated heterocycles. The highest BCUT2D eigenvalue weighted by molar-refractivity contribution is 5.98. The number of amides is 2. The number of H-pyrrole nitrogens is 1. The van der Waals surface area contributed by atoms with Gasteiger partial charge in [-0.15, -0.1) is 0 Å². The van der Waals surface area contributed by atoms with Crippen molar-refractivity contribution in [3.63, 3.8) is 0 Å². The maximum absolute atomic E-state index is 12.6. The van der Waals surface area contributed by atoms with Crippen LogP contribution in [0, 0.1) is 11.8 Å². The van der Waals surface area contributed by atoms with Crippen LogP contribution in [-0.4, -0.2) is 53.8 Å². The first-order valence-electron chi connectivity index (χ1n) is 10.0. The molecule has 1 aromatic carbocycles. The van der Waals surface area contributed by atoms with E-state index in [1.165, 1.54) is 0 Å². The fraction of sp³-hybridized carbons (Fsp3) is 0.524. The molecule has 4 rings (SSSR count). The van der Waals surface area contributed by atoms with Crippen molar-refractivity contribution in [2.45, 2.75) is 37.8 Å². The zero-order chi connectivity index (χ0) is 19.5. The summed E-state index contributed by atoms with van der Waals surface area (Å²) in [6.07, 6.45) is 3.89. The van der Waals surface area contributed by atoms with Gasteiger partial charge in [-0.25, -0.2) is 0 Å². The molecule has 0 unspecified atom stereocenters. The molecule has 0 bridgehead atoms. The van der Waals surface area contributed by atoms with E-state index in [0.29, 0.717) is 30.9 Å². The summed E-state index contributed by atoms with van der Waals surface area (Å²) < 4.78 is 5.34. The number of aromatic amines is 1. The molecule has 4 N–H and O–H groups in total. The molecule has 150 valence electrons. The molecule has 2 amide bonds. The number of ether oxygens (including phenoxy) is 1. The second-order valence-corrected chi connectivity index (χ2v) is 7.90. The topological polar surface area (TPSA) is 103 Å². The van der Waals surface area contributed by atoms with E-state index in [4.69, 9.17) is 4.74 Å². The Kier molecular flexibility index (Phi) is 5.64. The van der Waals surface area contributed by atoms with Gasteiger partial charge >= 0.3 is 0 Å². The maximum Gasteiger partial charge on any atom is 0.251 e. The van der Waals surface area contributed by atoms with Crippen LogP contribution in [0.3, 0.4) is 0 Å². The van der Waals surface area contributed by atoms with Crippen molar-refractivity contribution in [2.24, 2.45) is 11.8 Å². The average molecular weight is 385 g/mol. The van der Waals surface area contributed by atoms with Crippen molar-refractivity contribution < 1.29 is 19.4 Å². The summed E-state index contributed by atoms with van der Waals surface area (Å²) in [4.78, 5) is 28.2. The first-order valence-corrected chi connectivity index (χ1v) is 10.0. The van der Waals surface area contributed by atoms with Gasteiger partial charge in [0.05, 0.1) is 12.1 Å². The minimum absolute atomic E-state index is 0.0315. The SMILES string of the molecule is O=C(N[C@H]1C[C@H](C(=O)NCC2CCOCC2)C[C@@H]1O)c1ccc2[nH]ccc2c1. The predicted molar refractivity (Wildman–Crippen MR) is 105 cm³/mol. The molecule has 1 aliphatic heterocycles. The van der Waals surface area contributed by atoms with Crippen molar-refractivity contribution in [1.29, 1.82) is 0 Å². The van der Waals surface area contributed by atoms with E-state index in [2.05, 4.69) is 15.6 Å². The van der Waals surface area contributed by atoms with E-state index in [9.17, 15) is 14.7 Å². The zero-order valence-electron chi connectivity index (χ0n) is 15.8. The van der Waals surface area contributed by atoms with Gasteiger partial charge in [0.15, 0.2) is 0 Å². The second kappa shape index (κ2) is 8.32. The summed E-state index contributed by atoms with van der Waals surface area (Å²) in [5.41, 5.74) is 1.52. The second-order valence-electron chi connectivity index (χ2n) is 7.90. The number of hydrogen-bond acceptors (Lipinski definition) is 4. The van der Waals surface area contributed by atoms with Crippen LogP contribution in [0.25, 0.3) is 10.9 Å². The largest absolute Gasteiger partial charge is 0.391 e. The Morgan fingerprint density at radius 2 is 2.00 bits per heavy atom. The van der Waals surface area contributed by atoms with Crippen LogP contribution in [0.4, 0.5) is 0 Å². The van der Waals surface area contributed by atoms with E-state index in [-0.39, 0.29) is 17.7 Å². The fourth-order valence-electron chi connectivity index (χ4n) is 4.17. The Bertz CT molecular complexity index is 843. The number of aliphatic hydroxyl groups is 1. The molecule has 2 fully saturated rings. The van der Waals surface area contributed by atoms with Crippen LogP contribution in [0.2, 0.25) is 0 Å². The van der Waals surface area contributed by atoms with Gasteiger partial charge in [-0.1, -0.05) is 0 Å². The monoisotopic (exact) mass is 385 g/mol.